The standard InChI is InChI=1S/C14H23NOS/c1-11(2)17-13-7-5-12(6-8-13)15-14(3,4)9-10-16/h5-8,11,15-16H,9-10H2,1-4H3. The summed E-state index contributed by atoms with van der Waals surface area (Å²) in [7, 11) is 0. The summed E-state index contributed by atoms with van der Waals surface area (Å²) in [5, 5.41) is 13.0. The third-order valence-corrected chi connectivity index (χ3v) is 3.46. The summed E-state index contributed by atoms with van der Waals surface area (Å²) < 4.78 is 0. The fraction of sp³-hybridized carbons (Fsp3) is 0.571. The molecule has 3 heteroatoms. The highest BCUT2D eigenvalue weighted by Gasteiger charge is 2.16. The summed E-state index contributed by atoms with van der Waals surface area (Å²) in [5.41, 5.74) is 1.04. The largest absolute Gasteiger partial charge is 0.396 e. The number of aliphatic hydroxyl groups excluding tert-OH is 1. The van der Waals surface area contributed by atoms with E-state index in [-0.39, 0.29) is 12.1 Å². The minimum absolute atomic E-state index is 0.0680. The van der Waals surface area contributed by atoms with Gasteiger partial charge < -0.3 is 10.4 Å². The van der Waals surface area contributed by atoms with E-state index in [4.69, 9.17) is 5.11 Å². The molecule has 0 aliphatic heterocycles. The first kappa shape index (κ1) is 14.4. The Morgan fingerprint density at radius 3 is 2.29 bits per heavy atom. The van der Waals surface area contributed by atoms with Gasteiger partial charge in [0.2, 0.25) is 0 Å². The van der Waals surface area contributed by atoms with E-state index in [1.165, 1.54) is 4.90 Å². The van der Waals surface area contributed by atoms with Crippen molar-refractivity contribution in [2.45, 2.75) is 49.8 Å². The fourth-order valence-electron chi connectivity index (χ4n) is 1.62. The van der Waals surface area contributed by atoms with Crippen molar-refractivity contribution in [1.29, 1.82) is 0 Å². The summed E-state index contributed by atoms with van der Waals surface area (Å²) in [6, 6.07) is 8.48. The van der Waals surface area contributed by atoms with Crippen LogP contribution in [0.1, 0.15) is 34.1 Å². The summed E-state index contributed by atoms with van der Waals surface area (Å²) in [5.74, 6) is 0. The molecule has 0 spiro atoms. The van der Waals surface area contributed by atoms with Gasteiger partial charge in [0.15, 0.2) is 0 Å². The van der Waals surface area contributed by atoms with Crippen molar-refractivity contribution in [2.24, 2.45) is 0 Å². The Hall–Kier alpha value is -0.670. The molecule has 0 amide bonds. The van der Waals surface area contributed by atoms with Crippen LogP contribution in [-0.4, -0.2) is 22.5 Å². The summed E-state index contributed by atoms with van der Waals surface area (Å²) in [4.78, 5) is 1.30. The molecule has 0 fully saturated rings. The van der Waals surface area contributed by atoms with Gasteiger partial charge in [0, 0.05) is 28.0 Å². The van der Waals surface area contributed by atoms with E-state index in [0.717, 1.165) is 12.1 Å². The van der Waals surface area contributed by atoms with Gasteiger partial charge in [-0.15, -0.1) is 11.8 Å². The third-order valence-electron chi connectivity index (χ3n) is 2.45. The highest BCUT2D eigenvalue weighted by atomic mass is 32.2. The van der Waals surface area contributed by atoms with Gasteiger partial charge in [-0.1, -0.05) is 13.8 Å². The predicted molar refractivity (Wildman–Crippen MR) is 76.8 cm³/mol. The van der Waals surface area contributed by atoms with Gasteiger partial charge in [0.05, 0.1) is 0 Å². The minimum atomic E-state index is -0.0680. The molecule has 1 aromatic carbocycles. The number of benzene rings is 1. The van der Waals surface area contributed by atoms with Crippen molar-refractivity contribution in [3.8, 4) is 0 Å². The van der Waals surface area contributed by atoms with Crippen molar-refractivity contribution >= 4 is 17.4 Å². The van der Waals surface area contributed by atoms with Crippen molar-refractivity contribution in [3.05, 3.63) is 24.3 Å². The Labute approximate surface area is 109 Å². The number of nitrogens with one attached hydrogen (secondary N) is 1. The van der Waals surface area contributed by atoms with E-state index < -0.39 is 0 Å². The molecule has 0 saturated heterocycles. The molecular formula is C14H23NOS. The number of hydrogen-bond acceptors (Lipinski definition) is 3. The molecular weight excluding hydrogens is 230 g/mol. The lowest BCUT2D eigenvalue weighted by atomic mass is 10.0. The van der Waals surface area contributed by atoms with Crippen LogP contribution < -0.4 is 5.32 Å². The van der Waals surface area contributed by atoms with Crippen LogP contribution in [0.25, 0.3) is 0 Å². The fourth-order valence-corrected chi connectivity index (χ4v) is 2.46. The maximum Gasteiger partial charge on any atom is 0.0453 e. The van der Waals surface area contributed by atoms with Gasteiger partial charge in [0.1, 0.15) is 0 Å². The van der Waals surface area contributed by atoms with Crippen LogP contribution >= 0.6 is 11.8 Å². The van der Waals surface area contributed by atoms with E-state index in [1.54, 1.807) is 0 Å². The lowest BCUT2D eigenvalue weighted by Crippen LogP contribution is -2.31. The second-order valence-electron chi connectivity index (χ2n) is 5.17. The molecule has 0 atom stereocenters. The average Bonchev–Trinajstić information content (AvgIpc) is 2.19. The number of hydrogen-bond donors (Lipinski definition) is 2. The van der Waals surface area contributed by atoms with Gasteiger partial charge in [-0.3, -0.25) is 0 Å². The molecule has 0 unspecified atom stereocenters. The topological polar surface area (TPSA) is 32.3 Å². The predicted octanol–water partition coefficient (Wildman–Crippen LogP) is 3.76. The Morgan fingerprint density at radius 2 is 1.82 bits per heavy atom. The molecule has 17 heavy (non-hydrogen) atoms. The van der Waals surface area contributed by atoms with Gasteiger partial charge in [-0.05, 0) is 44.5 Å². The molecule has 1 rings (SSSR count). The van der Waals surface area contributed by atoms with E-state index in [2.05, 4.69) is 57.3 Å². The van der Waals surface area contributed by atoms with Gasteiger partial charge in [0.25, 0.3) is 0 Å². The quantitative estimate of drug-likeness (QED) is 0.757. The molecule has 1 aromatic rings. The first-order chi connectivity index (χ1) is 7.93. The Kier molecular flexibility index (Phi) is 5.34. The maximum atomic E-state index is 8.98. The van der Waals surface area contributed by atoms with Crippen LogP contribution in [0.5, 0.6) is 0 Å². The molecule has 0 radical (unpaired) electrons. The average molecular weight is 253 g/mol. The van der Waals surface area contributed by atoms with E-state index in [0.29, 0.717) is 5.25 Å². The summed E-state index contributed by atoms with van der Waals surface area (Å²) in [6.07, 6.45) is 0.746. The van der Waals surface area contributed by atoms with Crippen LogP contribution in [0.3, 0.4) is 0 Å². The zero-order valence-corrected chi connectivity index (χ0v) is 12.0. The van der Waals surface area contributed by atoms with E-state index in [9.17, 15) is 0 Å². The molecule has 0 heterocycles. The second kappa shape index (κ2) is 6.31. The van der Waals surface area contributed by atoms with Crippen LogP contribution in [-0.2, 0) is 0 Å². The molecule has 0 saturated carbocycles. The van der Waals surface area contributed by atoms with Gasteiger partial charge >= 0.3 is 0 Å². The minimum Gasteiger partial charge on any atom is -0.396 e. The van der Waals surface area contributed by atoms with Crippen molar-refractivity contribution < 1.29 is 5.11 Å². The number of anilines is 1. The van der Waals surface area contributed by atoms with Gasteiger partial charge in [-0.25, -0.2) is 0 Å². The highest BCUT2D eigenvalue weighted by molar-refractivity contribution is 7.99. The third kappa shape index (κ3) is 5.46. The number of thioether (sulfide) groups is 1. The first-order valence-electron chi connectivity index (χ1n) is 6.09. The number of aliphatic hydroxyl groups is 1. The molecule has 96 valence electrons. The number of rotatable bonds is 6. The monoisotopic (exact) mass is 253 g/mol. The zero-order valence-electron chi connectivity index (χ0n) is 11.2. The summed E-state index contributed by atoms with van der Waals surface area (Å²) in [6.45, 7) is 8.80. The maximum absolute atomic E-state index is 8.98. The normalized spacial score (nSPS) is 11.9. The lowest BCUT2D eigenvalue weighted by Gasteiger charge is -2.26. The first-order valence-corrected chi connectivity index (χ1v) is 6.97. The van der Waals surface area contributed by atoms with Crippen molar-refractivity contribution in [1.82, 2.24) is 0 Å². The molecule has 2 nitrogen and oxygen atoms in total. The zero-order chi connectivity index (χ0) is 12.9. The Balaban J connectivity index is 2.62. The lowest BCUT2D eigenvalue weighted by molar-refractivity contribution is 0.261. The molecule has 0 aliphatic rings. The molecule has 0 aromatic heterocycles. The summed E-state index contributed by atoms with van der Waals surface area (Å²) >= 11 is 1.87. The SMILES string of the molecule is CC(C)Sc1ccc(NC(C)(C)CCO)cc1. The van der Waals surface area contributed by atoms with Crippen LogP contribution in [0.2, 0.25) is 0 Å². The van der Waals surface area contributed by atoms with Crippen LogP contribution in [0.15, 0.2) is 29.2 Å². The van der Waals surface area contributed by atoms with E-state index >= 15 is 0 Å². The Bertz CT molecular complexity index is 333. The highest BCUT2D eigenvalue weighted by Crippen LogP contribution is 2.25. The van der Waals surface area contributed by atoms with Crippen molar-refractivity contribution in [2.75, 3.05) is 11.9 Å². The van der Waals surface area contributed by atoms with E-state index in [1.807, 2.05) is 11.8 Å². The van der Waals surface area contributed by atoms with Crippen molar-refractivity contribution in [3.63, 3.8) is 0 Å². The second-order valence-corrected chi connectivity index (χ2v) is 6.82. The van der Waals surface area contributed by atoms with Crippen LogP contribution in [0, 0.1) is 0 Å². The van der Waals surface area contributed by atoms with Crippen LogP contribution in [0.4, 0.5) is 5.69 Å². The molecule has 2 N–H and O–H groups in total. The molecule has 0 aliphatic carbocycles. The smallest absolute Gasteiger partial charge is 0.0453 e. The molecule has 0 bridgehead atoms. The van der Waals surface area contributed by atoms with Gasteiger partial charge in [-0.2, -0.15) is 0 Å². The Morgan fingerprint density at radius 1 is 1.24 bits per heavy atom.